The Balaban J connectivity index is 2.69. The van der Waals surface area contributed by atoms with Gasteiger partial charge in [-0.3, -0.25) is 4.79 Å². The SMILES string of the molecule is CCCCNC(=O)C(C)Oc1cc(C(=O)O)ccc1C. The summed E-state index contributed by atoms with van der Waals surface area (Å²) in [6.45, 7) is 6.13. The molecule has 0 radical (unpaired) electrons. The van der Waals surface area contributed by atoms with Crippen molar-refractivity contribution in [2.75, 3.05) is 6.54 Å². The van der Waals surface area contributed by atoms with Gasteiger partial charge < -0.3 is 15.2 Å². The molecule has 1 aromatic rings. The first-order valence-corrected chi connectivity index (χ1v) is 6.74. The van der Waals surface area contributed by atoms with Gasteiger partial charge in [-0.1, -0.05) is 19.4 Å². The van der Waals surface area contributed by atoms with Crippen molar-refractivity contribution in [2.45, 2.75) is 39.7 Å². The van der Waals surface area contributed by atoms with Gasteiger partial charge in [0.25, 0.3) is 5.91 Å². The molecule has 2 N–H and O–H groups in total. The van der Waals surface area contributed by atoms with E-state index in [1.165, 1.54) is 12.1 Å². The van der Waals surface area contributed by atoms with Crippen LogP contribution in [0.4, 0.5) is 0 Å². The monoisotopic (exact) mass is 279 g/mol. The molecule has 0 heterocycles. The van der Waals surface area contributed by atoms with Crippen LogP contribution < -0.4 is 10.1 Å². The lowest BCUT2D eigenvalue weighted by Crippen LogP contribution is -2.36. The molecule has 0 aliphatic heterocycles. The Kier molecular flexibility index (Phi) is 6.03. The highest BCUT2D eigenvalue weighted by molar-refractivity contribution is 5.88. The van der Waals surface area contributed by atoms with Crippen LogP contribution in [0.25, 0.3) is 0 Å². The van der Waals surface area contributed by atoms with Gasteiger partial charge in [0.15, 0.2) is 6.10 Å². The van der Waals surface area contributed by atoms with E-state index >= 15 is 0 Å². The van der Waals surface area contributed by atoms with Gasteiger partial charge in [0.05, 0.1) is 5.56 Å². The molecular weight excluding hydrogens is 258 g/mol. The molecule has 1 aromatic carbocycles. The lowest BCUT2D eigenvalue weighted by atomic mass is 10.1. The predicted octanol–water partition coefficient (Wildman–Crippen LogP) is 2.38. The number of benzene rings is 1. The average Bonchev–Trinajstić information content (AvgIpc) is 2.41. The van der Waals surface area contributed by atoms with E-state index < -0.39 is 12.1 Å². The highest BCUT2D eigenvalue weighted by Crippen LogP contribution is 2.21. The molecule has 0 saturated carbocycles. The fourth-order valence-electron chi connectivity index (χ4n) is 1.64. The fraction of sp³-hybridized carbons (Fsp3) is 0.467. The first-order chi connectivity index (χ1) is 9.45. The van der Waals surface area contributed by atoms with Gasteiger partial charge in [-0.25, -0.2) is 4.79 Å². The Morgan fingerprint density at radius 2 is 2.10 bits per heavy atom. The largest absolute Gasteiger partial charge is 0.481 e. The summed E-state index contributed by atoms with van der Waals surface area (Å²) in [6.07, 6.45) is 1.27. The number of amides is 1. The summed E-state index contributed by atoms with van der Waals surface area (Å²) in [5, 5.41) is 11.7. The molecule has 0 aromatic heterocycles. The Morgan fingerprint density at radius 1 is 1.40 bits per heavy atom. The summed E-state index contributed by atoms with van der Waals surface area (Å²) in [7, 11) is 0. The van der Waals surface area contributed by atoms with Crippen LogP contribution in [0.3, 0.4) is 0 Å². The van der Waals surface area contributed by atoms with Crippen molar-refractivity contribution >= 4 is 11.9 Å². The Morgan fingerprint density at radius 3 is 2.70 bits per heavy atom. The Bertz CT molecular complexity index is 485. The maximum atomic E-state index is 11.8. The van der Waals surface area contributed by atoms with Crippen LogP contribution in [0.2, 0.25) is 0 Å². The van der Waals surface area contributed by atoms with Crippen LogP contribution in [0.15, 0.2) is 18.2 Å². The van der Waals surface area contributed by atoms with Gasteiger partial charge >= 0.3 is 5.97 Å². The fourth-order valence-corrected chi connectivity index (χ4v) is 1.64. The molecule has 5 nitrogen and oxygen atoms in total. The summed E-state index contributed by atoms with van der Waals surface area (Å²) in [6, 6.07) is 4.62. The molecular formula is C15H21NO4. The van der Waals surface area contributed by atoms with Gasteiger partial charge in [-0.2, -0.15) is 0 Å². The molecule has 5 heteroatoms. The summed E-state index contributed by atoms with van der Waals surface area (Å²) in [5.41, 5.74) is 0.937. The molecule has 0 fully saturated rings. The number of aromatic carboxylic acids is 1. The minimum Gasteiger partial charge on any atom is -0.481 e. The average molecular weight is 279 g/mol. The number of carbonyl (C=O) groups excluding carboxylic acids is 1. The first kappa shape index (κ1) is 16.0. The lowest BCUT2D eigenvalue weighted by molar-refractivity contribution is -0.127. The Labute approximate surface area is 118 Å². The number of carboxylic acids is 1. The normalized spacial score (nSPS) is 11.8. The first-order valence-electron chi connectivity index (χ1n) is 6.74. The van der Waals surface area contributed by atoms with Crippen molar-refractivity contribution in [3.05, 3.63) is 29.3 Å². The van der Waals surface area contributed by atoms with Gasteiger partial charge in [-0.05, 0) is 38.0 Å². The van der Waals surface area contributed by atoms with Crippen LogP contribution >= 0.6 is 0 Å². The number of carbonyl (C=O) groups is 2. The molecule has 0 bridgehead atoms. The molecule has 0 aliphatic rings. The van der Waals surface area contributed by atoms with E-state index in [0.29, 0.717) is 12.3 Å². The number of aryl methyl sites for hydroxylation is 1. The third-order valence-electron chi connectivity index (χ3n) is 2.94. The number of rotatable bonds is 7. The van der Waals surface area contributed by atoms with Crippen LogP contribution in [0.1, 0.15) is 42.6 Å². The zero-order valence-electron chi connectivity index (χ0n) is 12.1. The second kappa shape index (κ2) is 7.53. The van der Waals surface area contributed by atoms with E-state index in [4.69, 9.17) is 9.84 Å². The van der Waals surface area contributed by atoms with E-state index in [9.17, 15) is 9.59 Å². The maximum absolute atomic E-state index is 11.8. The minimum atomic E-state index is -1.02. The predicted molar refractivity (Wildman–Crippen MR) is 76.1 cm³/mol. The van der Waals surface area contributed by atoms with E-state index in [1.807, 2.05) is 13.8 Å². The van der Waals surface area contributed by atoms with Gasteiger partial charge in [0, 0.05) is 6.54 Å². The van der Waals surface area contributed by atoms with Crippen LogP contribution in [-0.2, 0) is 4.79 Å². The Hall–Kier alpha value is -2.04. The van der Waals surface area contributed by atoms with Crippen molar-refractivity contribution in [2.24, 2.45) is 0 Å². The molecule has 1 amide bonds. The number of ether oxygens (including phenoxy) is 1. The van der Waals surface area contributed by atoms with Crippen LogP contribution in [0.5, 0.6) is 5.75 Å². The van der Waals surface area contributed by atoms with Gasteiger partial charge in [0.2, 0.25) is 0 Å². The van der Waals surface area contributed by atoms with Crippen molar-refractivity contribution in [1.82, 2.24) is 5.32 Å². The quantitative estimate of drug-likeness (QED) is 0.751. The third kappa shape index (κ3) is 4.57. The topological polar surface area (TPSA) is 75.6 Å². The van der Waals surface area contributed by atoms with Crippen molar-refractivity contribution in [1.29, 1.82) is 0 Å². The molecule has 0 spiro atoms. The number of carboxylic acid groups (broad SMARTS) is 1. The van der Waals surface area contributed by atoms with E-state index in [2.05, 4.69) is 5.32 Å². The van der Waals surface area contributed by atoms with Crippen LogP contribution in [0, 0.1) is 6.92 Å². The maximum Gasteiger partial charge on any atom is 0.335 e. The van der Waals surface area contributed by atoms with Crippen molar-refractivity contribution in [3.8, 4) is 5.75 Å². The zero-order valence-corrected chi connectivity index (χ0v) is 12.1. The molecule has 1 atom stereocenters. The second-order valence-electron chi connectivity index (χ2n) is 4.69. The van der Waals surface area contributed by atoms with E-state index in [1.54, 1.807) is 13.0 Å². The molecule has 20 heavy (non-hydrogen) atoms. The number of hydrogen-bond acceptors (Lipinski definition) is 3. The molecule has 0 saturated heterocycles. The number of hydrogen-bond donors (Lipinski definition) is 2. The lowest BCUT2D eigenvalue weighted by Gasteiger charge is -2.16. The summed E-state index contributed by atoms with van der Waals surface area (Å²) >= 11 is 0. The number of nitrogens with one attached hydrogen (secondary N) is 1. The van der Waals surface area contributed by atoms with Crippen molar-refractivity contribution < 1.29 is 19.4 Å². The molecule has 110 valence electrons. The molecule has 0 aliphatic carbocycles. The zero-order chi connectivity index (χ0) is 15.1. The second-order valence-corrected chi connectivity index (χ2v) is 4.69. The standard InChI is InChI=1S/C15H21NO4/c1-4-5-8-16-14(17)11(3)20-13-9-12(15(18)19)7-6-10(13)2/h6-7,9,11H,4-5,8H2,1-3H3,(H,16,17)(H,18,19). The summed E-state index contributed by atoms with van der Waals surface area (Å²) in [5.74, 6) is -0.795. The van der Waals surface area contributed by atoms with Crippen molar-refractivity contribution in [3.63, 3.8) is 0 Å². The van der Waals surface area contributed by atoms with E-state index in [0.717, 1.165) is 18.4 Å². The van der Waals surface area contributed by atoms with Gasteiger partial charge in [0.1, 0.15) is 5.75 Å². The summed E-state index contributed by atoms with van der Waals surface area (Å²) in [4.78, 5) is 22.7. The highest BCUT2D eigenvalue weighted by atomic mass is 16.5. The molecule has 1 rings (SSSR count). The molecule has 1 unspecified atom stereocenters. The van der Waals surface area contributed by atoms with E-state index in [-0.39, 0.29) is 11.5 Å². The highest BCUT2D eigenvalue weighted by Gasteiger charge is 2.16. The van der Waals surface area contributed by atoms with Gasteiger partial charge in [-0.15, -0.1) is 0 Å². The number of unbranched alkanes of at least 4 members (excludes halogenated alkanes) is 1. The van der Waals surface area contributed by atoms with Crippen LogP contribution in [-0.4, -0.2) is 29.6 Å². The third-order valence-corrected chi connectivity index (χ3v) is 2.94. The minimum absolute atomic E-state index is 0.143. The summed E-state index contributed by atoms with van der Waals surface area (Å²) < 4.78 is 5.55. The smallest absolute Gasteiger partial charge is 0.335 e.